The minimum Gasteiger partial charge on any atom is -0.368 e. The lowest BCUT2D eigenvalue weighted by atomic mass is 9.98. The highest BCUT2D eigenvalue weighted by Crippen LogP contribution is 2.35. The summed E-state index contributed by atoms with van der Waals surface area (Å²) < 4.78 is 38.8. The third-order valence-electron chi connectivity index (χ3n) is 6.65. The van der Waals surface area contributed by atoms with Crippen molar-refractivity contribution in [3.63, 3.8) is 0 Å². The van der Waals surface area contributed by atoms with Crippen LogP contribution in [-0.2, 0) is 15.8 Å². The van der Waals surface area contributed by atoms with Crippen LogP contribution >= 0.6 is 0 Å². The summed E-state index contributed by atoms with van der Waals surface area (Å²) in [6.07, 6.45) is -0.601. The summed E-state index contributed by atoms with van der Waals surface area (Å²) in [6, 6.07) is 4.83. The van der Waals surface area contributed by atoms with E-state index >= 15 is 0 Å². The fourth-order valence-corrected chi connectivity index (χ4v) is 4.84. The van der Waals surface area contributed by atoms with Crippen LogP contribution in [0, 0.1) is 0 Å². The molecule has 2 saturated heterocycles. The topological polar surface area (TPSA) is 73.0 Å². The number of alkyl halides is 3. The average molecular weight is 452 g/mol. The molecule has 4 rings (SSSR count). The Labute approximate surface area is 184 Å². The molecule has 2 heterocycles. The number of nitrogens with one attached hydrogen (secondary N) is 1. The van der Waals surface area contributed by atoms with E-state index in [9.17, 15) is 27.6 Å². The molecule has 3 aliphatic rings. The number of benzene rings is 1. The second kappa shape index (κ2) is 8.63. The van der Waals surface area contributed by atoms with E-state index in [0.717, 1.165) is 25.0 Å². The van der Waals surface area contributed by atoms with Crippen LogP contribution in [0.25, 0.3) is 0 Å². The number of anilines is 1. The number of rotatable bonds is 5. The lowest BCUT2D eigenvalue weighted by molar-refractivity contribution is -0.137. The molecule has 1 spiro atoms. The first-order chi connectivity index (χ1) is 15.2. The first-order valence-corrected chi connectivity index (χ1v) is 11.0. The van der Waals surface area contributed by atoms with E-state index in [1.165, 1.54) is 11.0 Å². The van der Waals surface area contributed by atoms with Gasteiger partial charge in [0.1, 0.15) is 5.54 Å². The fraction of sp³-hybridized carbons (Fsp3) is 0.591. The number of hydrogen-bond acceptors (Lipinski definition) is 4. The van der Waals surface area contributed by atoms with Crippen molar-refractivity contribution in [3.8, 4) is 0 Å². The van der Waals surface area contributed by atoms with Crippen molar-refractivity contribution in [2.75, 3.05) is 37.6 Å². The quantitative estimate of drug-likeness (QED) is 0.698. The van der Waals surface area contributed by atoms with Crippen LogP contribution in [0.1, 0.15) is 44.1 Å². The van der Waals surface area contributed by atoms with E-state index in [1.807, 2.05) is 4.90 Å². The summed E-state index contributed by atoms with van der Waals surface area (Å²) in [5.74, 6) is -0.251. The molecule has 0 unspecified atom stereocenters. The van der Waals surface area contributed by atoms with Crippen molar-refractivity contribution in [3.05, 3.63) is 29.8 Å². The summed E-state index contributed by atoms with van der Waals surface area (Å²) in [6.45, 7) is 1.94. The first kappa shape index (κ1) is 22.4. The Morgan fingerprint density at radius 3 is 2.41 bits per heavy atom. The Kier molecular flexibility index (Phi) is 6.05. The molecule has 0 bridgehead atoms. The SMILES string of the molecule is O=C(CCCN1C(=O)NC2(CCCC2)C1=O)N1CCN(c2cccc(C(F)(F)F)c2)CC1. The van der Waals surface area contributed by atoms with Crippen LogP contribution in [0.5, 0.6) is 0 Å². The second-order valence-electron chi connectivity index (χ2n) is 8.70. The van der Waals surface area contributed by atoms with E-state index in [2.05, 4.69) is 5.32 Å². The maximum Gasteiger partial charge on any atom is 0.416 e. The molecule has 3 fully saturated rings. The third kappa shape index (κ3) is 4.40. The van der Waals surface area contributed by atoms with Gasteiger partial charge in [-0.2, -0.15) is 13.2 Å². The first-order valence-electron chi connectivity index (χ1n) is 11.0. The van der Waals surface area contributed by atoms with Gasteiger partial charge in [0.15, 0.2) is 0 Å². The highest BCUT2D eigenvalue weighted by molar-refractivity contribution is 6.07. The van der Waals surface area contributed by atoms with E-state index in [0.29, 0.717) is 51.1 Å². The van der Waals surface area contributed by atoms with Gasteiger partial charge in [-0.05, 0) is 37.5 Å². The molecule has 0 radical (unpaired) electrons. The number of urea groups is 1. The number of carbonyl (C=O) groups is 3. The molecule has 10 heteroatoms. The molecule has 4 amide bonds. The standard InChI is InChI=1S/C22H27F3N4O3/c23-22(24,25)16-5-3-6-17(15-16)27-11-13-28(14-12-27)18(30)7-4-10-29-19(31)21(26-20(29)32)8-1-2-9-21/h3,5-6,15H,1-2,4,7-14H2,(H,26,32). The number of nitrogens with zero attached hydrogens (tertiary/aromatic N) is 3. The van der Waals surface area contributed by atoms with Gasteiger partial charge in [0.2, 0.25) is 5.91 Å². The zero-order valence-electron chi connectivity index (χ0n) is 17.8. The van der Waals surface area contributed by atoms with Gasteiger partial charge >= 0.3 is 12.2 Å². The average Bonchev–Trinajstić information content (AvgIpc) is 3.33. The van der Waals surface area contributed by atoms with Gasteiger partial charge in [0, 0.05) is 44.8 Å². The minimum atomic E-state index is -4.39. The van der Waals surface area contributed by atoms with Crippen molar-refractivity contribution in [1.82, 2.24) is 15.1 Å². The van der Waals surface area contributed by atoms with Crippen LogP contribution in [0.4, 0.5) is 23.7 Å². The lowest BCUT2D eigenvalue weighted by Gasteiger charge is -2.36. The van der Waals surface area contributed by atoms with Gasteiger partial charge in [-0.15, -0.1) is 0 Å². The van der Waals surface area contributed by atoms with E-state index in [1.54, 1.807) is 11.0 Å². The van der Waals surface area contributed by atoms with Crippen molar-refractivity contribution < 1.29 is 27.6 Å². The maximum atomic E-state index is 12.9. The number of imide groups is 1. The Morgan fingerprint density at radius 2 is 1.75 bits per heavy atom. The second-order valence-corrected chi connectivity index (χ2v) is 8.70. The lowest BCUT2D eigenvalue weighted by Crippen LogP contribution is -2.49. The predicted octanol–water partition coefficient (Wildman–Crippen LogP) is 3.00. The molecule has 1 saturated carbocycles. The van der Waals surface area contributed by atoms with Gasteiger partial charge in [0.05, 0.1) is 5.56 Å². The molecule has 2 aliphatic heterocycles. The van der Waals surface area contributed by atoms with Crippen LogP contribution in [0.15, 0.2) is 24.3 Å². The number of hydrogen-bond donors (Lipinski definition) is 1. The van der Waals surface area contributed by atoms with Crippen LogP contribution in [0.2, 0.25) is 0 Å². The van der Waals surface area contributed by atoms with Crippen molar-refractivity contribution >= 4 is 23.5 Å². The Morgan fingerprint density at radius 1 is 1.06 bits per heavy atom. The number of amides is 4. The van der Waals surface area contributed by atoms with Gasteiger partial charge in [-0.3, -0.25) is 14.5 Å². The normalized spacial score (nSPS) is 20.9. The van der Waals surface area contributed by atoms with Gasteiger partial charge in [0.25, 0.3) is 5.91 Å². The van der Waals surface area contributed by atoms with Crippen LogP contribution in [-0.4, -0.2) is 65.9 Å². The van der Waals surface area contributed by atoms with Crippen molar-refractivity contribution in [2.24, 2.45) is 0 Å². The van der Waals surface area contributed by atoms with E-state index in [-0.39, 0.29) is 30.8 Å². The molecule has 0 atom stereocenters. The van der Waals surface area contributed by atoms with Crippen LogP contribution in [0.3, 0.4) is 0 Å². The Bertz CT molecular complexity index is 891. The zero-order valence-corrected chi connectivity index (χ0v) is 17.8. The summed E-state index contributed by atoms with van der Waals surface area (Å²) >= 11 is 0. The summed E-state index contributed by atoms with van der Waals surface area (Å²) in [7, 11) is 0. The van der Waals surface area contributed by atoms with Gasteiger partial charge in [-0.1, -0.05) is 18.9 Å². The molecule has 1 aliphatic carbocycles. The Balaban J connectivity index is 1.24. The fourth-order valence-electron chi connectivity index (χ4n) is 4.84. The maximum absolute atomic E-state index is 12.9. The monoisotopic (exact) mass is 452 g/mol. The molecule has 7 nitrogen and oxygen atoms in total. The smallest absolute Gasteiger partial charge is 0.368 e. The van der Waals surface area contributed by atoms with E-state index < -0.39 is 17.3 Å². The molecular formula is C22H27F3N4O3. The molecule has 32 heavy (non-hydrogen) atoms. The highest BCUT2D eigenvalue weighted by Gasteiger charge is 2.52. The van der Waals surface area contributed by atoms with E-state index in [4.69, 9.17) is 0 Å². The summed E-state index contributed by atoms with van der Waals surface area (Å²) in [5, 5.41) is 2.83. The molecular weight excluding hydrogens is 425 g/mol. The minimum absolute atomic E-state index is 0.0728. The summed E-state index contributed by atoms with van der Waals surface area (Å²) in [5.41, 5.74) is -0.930. The third-order valence-corrected chi connectivity index (χ3v) is 6.65. The van der Waals surface area contributed by atoms with Crippen molar-refractivity contribution in [2.45, 2.75) is 50.2 Å². The molecule has 1 N–H and O–H groups in total. The zero-order chi connectivity index (χ0) is 22.9. The van der Waals surface area contributed by atoms with Gasteiger partial charge < -0.3 is 15.1 Å². The largest absolute Gasteiger partial charge is 0.416 e. The summed E-state index contributed by atoms with van der Waals surface area (Å²) in [4.78, 5) is 42.2. The predicted molar refractivity (Wildman–Crippen MR) is 111 cm³/mol. The Hall–Kier alpha value is -2.78. The molecule has 174 valence electrons. The molecule has 0 aromatic heterocycles. The number of halogens is 3. The molecule has 1 aromatic rings. The van der Waals surface area contributed by atoms with Crippen LogP contribution < -0.4 is 10.2 Å². The molecule has 1 aromatic carbocycles. The van der Waals surface area contributed by atoms with Crippen molar-refractivity contribution in [1.29, 1.82) is 0 Å². The highest BCUT2D eigenvalue weighted by atomic mass is 19.4. The van der Waals surface area contributed by atoms with Gasteiger partial charge in [-0.25, -0.2) is 4.79 Å². The number of carbonyl (C=O) groups excluding carboxylic acids is 3. The number of piperazine rings is 1.